The van der Waals surface area contributed by atoms with Crippen LogP contribution < -0.4 is 5.32 Å². The number of carbonyl (C=O) groups excluding carboxylic acids is 1. The first-order valence-corrected chi connectivity index (χ1v) is 4.05. The van der Waals surface area contributed by atoms with E-state index in [1.807, 2.05) is 0 Å². The minimum atomic E-state index is -1.16. The number of anilines is 1. The van der Waals surface area contributed by atoms with Gasteiger partial charge in [0.2, 0.25) is 11.9 Å². The molecule has 7 nitrogen and oxygen atoms in total. The minimum absolute atomic E-state index is 0.133. The number of Topliss-reactive ketones (excluding diaryl/α,β-unsaturated/α-hetero) is 1. The van der Waals surface area contributed by atoms with Crippen LogP contribution in [0.5, 0.6) is 0 Å². The van der Waals surface area contributed by atoms with Crippen molar-refractivity contribution in [3.05, 3.63) is 38.8 Å². The van der Waals surface area contributed by atoms with Gasteiger partial charge in [0.1, 0.15) is 0 Å². The Balaban J connectivity index is 2.48. The average molecular weight is 207 g/mol. The molecule has 1 aromatic rings. The Bertz CT molecular complexity index is 471. The molecule has 0 unspecified atom stereocenters. The summed E-state index contributed by atoms with van der Waals surface area (Å²) in [6, 6.07) is 3.78. The highest BCUT2D eigenvalue weighted by atomic mass is 16.6. The van der Waals surface area contributed by atoms with Gasteiger partial charge >= 0.3 is 0 Å². The largest absolute Gasteiger partial charge is 0.354 e. The highest BCUT2D eigenvalue weighted by molar-refractivity contribution is 6.10. The lowest BCUT2D eigenvalue weighted by atomic mass is 10.1. The number of benzene rings is 1. The summed E-state index contributed by atoms with van der Waals surface area (Å²) in [7, 11) is 0. The number of nitro groups is 1. The quantitative estimate of drug-likeness (QED) is 0.447. The lowest BCUT2D eigenvalue weighted by molar-refractivity contribution is -0.384. The van der Waals surface area contributed by atoms with Gasteiger partial charge in [-0.3, -0.25) is 14.9 Å². The van der Waals surface area contributed by atoms with Crippen LogP contribution in [0.3, 0.4) is 0 Å². The van der Waals surface area contributed by atoms with E-state index < -0.39 is 16.9 Å². The lowest BCUT2D eigenvalue weighted by Gasteiger charge is -1.97. The number of nitroso groups, excluding NO2 is 1. The molecule has 1 heterocycles. The third kappa shape index (κ3) is 1.33. The molecule has 0 fully saturated rings. The van der Waals surface area contributed by atoms with Gasteiger partial charge in [0.25, 0.3) is 5.69 Å². The Morgan fingerprint density at radius 1 is 1.47 bits per heavy atom. The van der Waals surface area contributed by atoms with Crippen LogP contribution in [0, 0.1) is 15.0 Å². The van der Waals surface area contributed by atoms with Crippen molar-refractivity contribution in [1.29, 1.82) is 0 Å². The molecular formula is C8H5N3O4. The molecule has 1 aliphatic heterocycles. The second-order valence-electron chi connectivity index (χ2n) is 3.00. The number of hydrogen-bond donors (Lipinski definition) is 1. The predicted molar refractivity (Wildman–Crippen MR) is 50.6 cm³/mol. The molecule has 1 aromatic carbocycles. The van der Waals surface area contributed by atoms with Crippen molar-refractivity contribution in [2.24, 2.45) is 5.18 Å². The number of nitro benzene ring substituents is 1. The van der Waals surface area contributed by atoms with Crippen molar-refractivity contribution in [3.63, 3.8) is 0 Å². The van der Waals surface area contributed by atoms with E-state index in [9.17, 15) is 19.8 Å². The molecule has 0 spiro atoms. The number of nitrogens with zero attached hydrogens (tertiary/aromatic N) is 2. The van der Waals surface area contributed by atoms with Crippen LogP contribution in [0.15, 0.2) is 23.4 Å². The van der Waals surface area contributed by atoms with Crippen molar-refractivity contribution in [2.75, 3.05) is 5.32 Å². The second-order valence-corrected chi connectivity index (χ2v) is 3.00. The highest BCUT2D eigenvalue weighted by Crippen LogP contribution is 2.29. The average Bonchev–Trinajstić information content (AvgIpc) is 2.55. The molecule has 0 bridgehead atoms. The number of fused-ring (bicyclic) bond motifs is 1. The van der Waals surface area contributed by atoms with E-state index >= 15 is 0 Å². The lowest BCUT2D eigenvalue weighted by Crippen LogP contribution is -2.18. The maximum atomic E-state index is 11.4. The fourth-order valence-electron chi connectivity index (χ4n) is 1.41. The molecule has 1 N–H and O–H groups in total. The normalized spacial score (nSPS) is 18.1. The Hall–Kier alpha value is -2.31. The van der Waals surface area contributed by atoms with Crippen LogP contribution in [0.2, 0.25) is 0 Å². The van der Waals surface area contributed by atoms with Crippen LogP contribution in [0.4, 0.5) is 11.4 Å². The van der Waals surface area contributed by atoms with Gasteiger partial charge in [-0.25, -0.2) is 0 Å². The first kappa shape index (κ1) is 9.25. The summed E-state index contributed by atoms with van der Waals surface area (Å²) in [5.74, 6) is -0.538. The Morgan fingerprint density at radius 3 is 2.80 bits per heavy atom. The molecule has 0 saturated heterocycles. The summed E-state index contributed by atoms with van der Waals surface area (Å²) in [6.07, 6.45) is -1.16. The summed E-state index contributed by atoms with van der Waals surface area (Å²) in [5, 5.41) is 15.6. The first-order chi connectivity index (χ1) is 7.13. The van der Waals surface area contributed by atoms with Crippen LogP contribution in [-0.2, 0) is 0 Å². The summed E-state index contributed by atoms with van der Waals surface area (Å²) in [4.78, 5) is 31.5. The molecule has 7 heteroatoms. The fraction of sp³-hybridized carbons (Fsp3) is 0.125. The molecule has 0 amide bonds. The molecule has 0 aromatic heterocycles. The third-order valence-corrected chi connectivity index (χ3v) is 2.13. The van der Waals surface area contributed by atoms with E-state index in [0.717, 1.165) is 6.07 Å². The molecule has 1 aliphatic rings. The van der Waals surface area contributed by atoms with E-state index in [2.05, 4.69) is 10.5 Å². The molecule has 76 valence electrons. The number of rotatable bonds is 2. The predicted octanol–water partition coefficient (Wildman–Crippen LogP) is 1.30. The van der Waals surface area contributed by atoms with Gasteiger partial charge in [-0.15, -0.1) is 4.91 Å². The molecule has 0 radical (unpaired) electrons. The number of hydrogen-bond acceptors (Lipinski definition) is 6. The summed E-state index contributed by atoms with van der Waals surface area (Å²) in [6.45, 7) is 0. The Labute approximate surface area is 83.2 Å². The molecule has 15 heavy (non-hydrogen) atoms. The zero-order valence-corrected chi connectivity index (χ0v) is 7.34. The number of nitrogens with one attached hydrogen (secondary N) is 1. The van der Waals surface area contributed by atoms with Crippen molar-refractivity contribution in [3.8, 4) is 0 Å². The van der Waals surface area contributed by atoms with E-state index in [1.54, 1.807) is 0 Å². The zero-order chi connectivity index (χ0) is 11.0. The van der Waals surface area contributed by atoms with Gasteiger partial charge in [-0.05, 0) is 11.2 Å². The summed E-state index contributed by atoms with van der Waals surface area (Å²) < 4.78 is 0. The topological polar surface area (TPSA) is 102 Å². The fourth-order valence-corrected chi connectivity index (χ4v) is 1.41. The smallest absolute Gasteiger partial charge is 0.270 e. The van der Waals surface area contributed by atoms with Crippen molar-refractivity contribution in [1.82, 2.24) is 0 Å². The van der Waals surface area contributed by atoms with Crippen molar-refractivity contribution in [2.45, 2.75) is 6.17 Å². The van der Waals surface area contributed by atoms with Crippen LogP contribution in [-0.4, -0.2) is 16.9 Å². The highest BCUT2D eigenvalue weighted by Gasteiger charge is 2.32. The van der Waals surface area contributed by atoms with E-state index in [0.29, 0.717) is 5.69 Å². The Morgan fingerprint density at radius 2 is 2.20 bits per heavy atom. The number of carbonyl (C=O) groups is 1. The maximum Gasteiger partial charge on any atom is 0.270 e. The van der Waals surface area contributed by atoms with Gasteiger partial charge < -0.3 is 5.32 Å². The molecule has 2 rings (SSSR count). The summed E-state index contributed by atoms with van der Waals surface area (Å²) >= 11 is 0. The number of non-ortho nitro benzene ring substituents is 1. The summed E-state index contributed by atoms with van der Waals surface area (Å²) in [5.41, 5.74) is 0.347. The molecule has 0 saturated carbocycles. The van der Waals surface area contributed by atoms with E-state index in [-0.39, 0.29) is 11.3 Å². The Kier molecular flexibility index (Phi) is 1.93. The molecule has 0 aliphatic carbocycles. The monoisotopic (exact) mass is 207 g/mol. The maximum absolute atomic E-state index is 11.4. The zero-order valence-electron chi connectivity index (χ0n) is 7.34. The standard InChI is InChI=1S/C8H5N3O4/c12-7-5-3-4(11(14)15)1-2-6(5)9-8(7)10-13/h1-3,8-9H/t8-/m1/s1. The first-order valence-electron chi connectivity index (χ1n) is 4.05. The van der Waals surface area contributed by atoms with Gasteiger partial charge in [0.05, 0.1) is 10.5 Å². The van der Waals surface area contributed by atoms with Gasteiger partial charge in [0, 0.05) is 17.8 Å². The molecular weight excluding hydrogens is 202 g/mol. The van der Waals surface area contributed by atoms with Gasteiger partial charge in [0.15, 0.2) is 0 Å². The van der Waals surface area contributed by atoms with Crippen LogP contribution in [0.1, 0.15) is 10.4 Å². The van der Waals surface area contributed by atoms with Crippen molar-refractivity contribution >= 4 is 17.2 Å². The number of ketones is 1. The van der Waals surface area contributed by atoms with Gasteiger partial charge in [-0.2, -0.15) is 0 Å². The van der Waals surface area contributed by atoms with Crippen LogP contribution >= 0.6 is 0 Å². The van der Waals surface area contributed by atoms with E-state index in [4.69, 9.17) is 0 Å². The van der Waals surface area contributed by atoms with Crippen molar-refractivity contribution < 1.29 is 9.72 Å². The van der Waals surface area contributed by atoms with Gasteiger partial charge in [-0.1, -0.05) is 0 Å². The van der Waals surface area contributed by atoms with E-state index in [1.165, 1.54) is 12.1 Å². The van der Waals surface area contributed by atoms with Crippen LogP contribution in [0.25, 0.3) is 0 Å². The SMILES string of the molecule is O=N[C@H]1Nc2ccc([N+](=O)[O-])cc2C1=O. The third-order valence-electron chi connectivity index (χ3n) is 2.13. The second kappa shape index (κ2) is 3.12. The molecule has 1 atom stereocenters. The minimum Gasteiger partial charge on any atom is -0.354 e.